The average molecular weight is 511 g/mol. The van der Waals surface area contributed by atoms with E-state index in [0.29, 0.717) is 25.2 Å². The second kappa shape index (κ2) is 10.1. The van der Waals surface area contributed by atoms with E-state index in [4.69, 9.17) is 9.84 Å². The molecule has 4 N–H and O–H groups in total. The minimum Gasteiger partial charge on any atom is -0.475 e. The summed E-state index contributed by atoms with van der Waals surface area (Å²) in [6, 6.07) is 1.23. The number of nitrogens with zero attached hydrogens (tertiary/aromatic N) is 5. The van der Waals surface area contributed by atoms with E-state index in [-0.39, 0.29) is 35.9 Å². The van der Waals surface area contributed by atoms with Crippen molar-refractivity contribution in [2.24, 2.45) is 0 Å². The number of ether oxygens (including phenoxy) is 1. The number of anilines is 3. The molecule has 12 nitrogen and oxygen atoms in total. The Morgan fingerprint density at radius 1 is 1.31 bits per heavy atom. The maximum Gasteiger partial charge on any atom is 0.408 e. The van der Waals surface area contributed by atoms with Crippen molar-refractivity contribution in [1.82, 2.24) is 20.3 Å². The molecule has 36 heavy (non-hydrogen) atoms. The van der Waals surface area contributed by atoms with Crippen molar-refractivity contribution in [2.75, 3.05) is 41.4 Å². The van der Waals surface area contributed by atoms with Gasteiger partial charge >= 0.3 is 12.2 Å². The molecule has 0 saturated carbocycles. The van der Waals surface area contributed by atoms with Gasteiger partial charge in [0.15, 0.2) is 5.82 Å². The zero-order chi connectivity index (χ0) is 26.0. The van der Waals surface area contributed by atoms with Crippen molar-refractivity contribution in [3.05, 3.63) is 30.2 Å². The third kappa shape index (κ3) is 5.41. The number of amides is 3. The normalized spacial score (nSPS) is 18.3. The Balaban J connectivity index is 1.55. The van der Waals surface area contributed by atoms with Gasteiger partial charge in [-0.25, -0.2) is 19.7 Å². The number of halogens is 3. The second-order valence-electron chi connectivity index (χ2n) is 8.35. The summed E-state index contributed by atoms with van der Waals surface area (Å²) in [5.41, 5.74) is 0.314. The van der Waals surface area contributed by atoms with Crippen LogP contribution in [0.5, 0.6) is 5.88 Å². The first-order chi connectivity index (χ1) is 17.1. The highest BCUT2D eigenvalue weighted by molar-refractivity contribution is 6.05. The molecule has 1 unspecified atom stereocenters. The number of urea groups is 1. The molecule has 3 amide bonds. The lowest BCUT2D eigenvalue weighted by Gasteiger charge is -2.35. The van der Waals surface area contributed by atoms with E-state index < -0.39 is 36.9 Å². The quantitative estimate of drug-likeness (QED) is 0.425. The number of pyridine rings is 1. The Hall–Kier alpha value is -3.72. The Labute approximate surface area is 203 Å². The minimum atomic E-state index is -4.61. The number of alkyl halides is 3. The van der Waals surface area contributed by atoms with Gasteiger partial charge in [0, 0.05) is 19.2 Å². The van der Waals surface area contributed by atoms with Crippen molar-refractivity contribution >= 4 is 29.3 Å². The molecular weight excluding hydrogens is 487 g/mol. The van der Waals surface area contributed by atoms with Crippen LogP contribution in [-0.4, -0.2) is 87.8 Å². The summed E-state index contributed by atoms with van der Waals surface area (Å²) in [6.07, 6.45) is -3.96. The lowest BCUT2D eigenvalue weighted by Crippen LogP contribution is -2.49. The molecule has 2 aromatic rings. The van der Waals surface area contributed by atoms with Gasteiger partial charge in [-0.3, -0.25) is 15.0 Å². The van der Waals surface area contributed by atoms with Crippen LogP contribution in [0.4, 0.5) is 35.3 Å². The average Bonchev–Trinajstić information content (AvgIpc) is 3.25. The van der Waals surface area contributed by atoms with Gasteiger partial charge in [-0.1, -0.05) is 0 Å². The molecule has 2 aliphatic rings. The molecule has 4 rings (SSSR count). The zero-order valence-corrected chi connectivity index (χ0v) is 19.1. The summed E-state index contributed by atoms with van der Waals surface area (Å²) in [6.45, 7) is 1.27. The predicted molar refractivity (Wildman–Crippen MR) is 120 cm³/mol. The number of aliphatic hydroxyl groups is 2. The Kier molecular flexibility index (Phi) is 7.12. The number of aromatic nitrogens is 3. The van der Waals surface area contributed by atoms with E-state index in [9.17, 15) is 27.9 Å². The summed E-state index contributed by atoms with van der Waals surface area (Å²) >= 11 is 0. The fourth-order valence-electron chi connectivity index (χ4n) is 3.84. The van der Waals surface area contributed by atoms with Crippen molar-refractivity contribution in [3.8, 4) is 5.88 Å². The highest BCUT2D eigenvalue weighted by Crippen LogP contribution is 2.39. The Morgan fingerprint density at radius 3 is 2.81 bits per heavy atom. The second-order valence-corrected chi connectivity index (χ2v) is 8.35. The van der Waals surface area contributed by atoms with E-state index in [1.165, 1.54) is 17.0 Å². The SMILES string of the molecule is C[C@@H](NC(=O)c1ccc2c(n1)N(C(=O)Nc1cc(OC[C@H](O)CO)ncn1)C1CCN2C1)C(F)(F)F. The summed E-state index contributed by atoms with van der Waals surface area (Å²) in [7, 11) is 0. The first-order valence-electron chi connectivity index (χ1n) is 11.0. The number of carbonyl (C=O) groups excluding carboxylic acids is 2. The van der Waals surface area contributed by atoms with Crippen molar-refractivity contribution < 1.29 is 37.7 Å². The minimum absolute atomic E-state index is 0.0507. The summed E-state index contributed by atoms with van der Waals surface area (Å²) < 4.78 is 43.9. The van der Waals surface area contributed by atoms with Crippen molar-refractivity contribution in [2.45, 2.75) is 37.7 Å². The Bertz CT molecular complexity index is 1140. The van der Waals surface area contributed by atoms with Crippen molar-refractivity contribution in [1.29, 1.82) is 0 Å². The largest absolute Gasteiger partial charge is 0.475 e. The van der Waals surface area contributed by atoms with Gasteiger partial charge in [0.25, 0.3) is 5.91 Å². The Morgan fingerprint density at radius 2 is 2.08 bits per heavy atom. The number of fused-ring (bicyclic) bond motifs is 4. The third-order valence-corrected chi connectivity index (χ3v) is 5.75. The van der Waals surface area contributed by atoms with Crippen LogP contribution >= 0.6 is 0 Å². The highest BCUT2D eigenvalue weighted by Gasteiger charge is 2.41. The van der Waals surface area contributed by atoms with Gasteiger partial charge in [0.05, 0.1) is 18.3 Å². The van der Waals surface area contributed by atoms with Crippen molar-refractivity contribution in [3.63, 3.8) is 0 Å². The van der Waals surface area contributed by atoms with Crippen LogP contribution in [0, 0.1) is 0 Å². The summed E-state index contributed by atoms with van der Waals surface area (Å²) in [5, 5.41) is 22.8. The van der Waals surface area contributed by atoms with Gasteiger partial charge in [-0.2, -0.15) is 13.2 Å². The molecule has 0 radical (unpaired) electrons. The number of nitrogens with one attached hydrogen (secondary N) is 2. The molecule has 0 aliphatic carbocycles. The molecule has 0 spiro atoms. The standard InChI is InChI=1S/C21H24F3N7O5/c1-11(21(22,23)24)27-19(34)14-2-3-15-18(28-14)31(12-4-5-30(15)7-12)20(35)29-16-6-17(26-10-25-16)36-9-13(33)8-32/h2-3,6,10-13,32-33H,4-5,7-9H2,1H3,(H,27,34)(H,25,26,29,35)/t11-,12?,13-/m1/s1. The summed E-state index contributed by atoms with van der Waals surface area (Å²) in [5.74, 6) is -0.739. The molecule has 2 aromatic heterocycles. The number of rotatable bonds is 7. The van der Waals surface area contributed by atoms with E-state index >= 15 is 0 Å². The van der Waals surface area contributed by atoms with E-state index in [1.54, 1.807) is 6.07 Å². The monoisotopic (exact) mass is 511 g/mol. The van der Waals surface area contributed by atoms with Gasteiger partial charge < -0.3 is 25.2 Å². The molecule has 1 fully saturated rings. The molecule has 4 heterocycles. The number of hydrogen-bond donors (Lipinski definition) is 4. The van der Waals surface area contributed by atoms with Crippen LogP contribution in [0.3, 0.4) is 0 Å². The number of aliphatic hydroxyl groups excluding tert-OH is 2. The maximum atomic E-state index is 13.3. The molecule has 0 aromatic carbocycles. The van der Waals surface area contributed by atoms with Crippen LogP contribution in [0.2, 0.25) is 0 Å². The summed E-state index contributed by atoms with van der Waals surface area (Å²) in [4.78, 5) is 41.1. The molecule has 1 saturated heterocycles. The molecule has 15 heteroatoms. The van der Waals surface area contributed by atoms with Gasteiger partial charge in [-0.05, 0) is 25.5 Å². The zero-order valence-electron chi connectivity index (χ0n) is 19.1. The third-order valence-electron chi connectivity index (χ3n) is 5.75. The molecule has 194 valence electrons. The van der Waals surface area contributed by atoms with E-state index in [1.807, 2.05) is 10.2 Å². The lowest BCUT2D eigenvalue weighted by molar-refractivity contribution is -0.149. The number of carbonyl (C=O) groups is 2. The molecule has 2 aliphatic heterocycles. The van der Waals surface area contributed by atoms with Crippen LogP contribution in [0.25, 0.3) is 0 Å². The number of hydrogen-bond acceptors (Lipinski definition) is 9. The van der Waals surface area contributed by atoms with Gasteiger partial charge in [-0.15, -0.1) is 0 Å². The molecular formula is C21H24F3N7O5. The highest BCUT2D eigenvalue weighted by atomic mass is 19.4. The maximum absolute atomic E-state index is 13.3. The smallest absolute Gasteiger partial charge is 0.408 e. The topological polar surface area (TPSA) is 153 Å². The van der Waals surface area contributed by atoms with Gasteiger partial charge in [0.2, 0.25) is 5.88 Å². The molecule has 2 bridgehead atoms. The van der Waals surface area contributed by atoms with Crippen LogP contribution in [0.15, 0.2) is 24.5 Å². The molecule has 3 atom stereocenters. The fraction of sp³-hybridized carbons (Fsp3) is 0.476. The van der Waals surface area contributed by atoms with E-state index in [2.05, 4.69) is 20.3 Å². The van der Waals surface area contributed by atoms with E-state index in [0.717, 1.165) is 13.3 Å². The van der Waals surface area contributed by atoms with Gasteiger partial charge in [0.1, 0.15) is 36.6 Å². The van der Waals surface area contributed by atoms with Crippen LogP contribution in [-0.2, 0) is 0 Å². The first-order valence-corrected chi connectivity index (χ1v) is 11.0. The van der Waals surface area contributed by atoms with Crippen LogP contribution in [0.1, 0.15) is 23.8 Å². The lowest BCUT2D eigenvalue weighted by atomic mass is 10.1. The predicted octanol–water partition coefficient (Wildman–Crippen LogP) is 0.915. The fourth-order valence-corrected chi connectivity index (χ4v) is 3.84. The van der Waals surface area contributed by atoms with Crippen LogP contribution < -0.4 is 25.2 Å². The first kappa shape index (κ1) is 25.4.